The van der Waals surface area contributed by atoms with Gasteiger partial charge in [0.2, 0.25) is 5.95 Å². The third kappa shape index (κ3) is 1.61. The fraction of sp³-hybridized carbons (Fsp3) is 0.545. The first kappa shape index (κ1) is 9.84. The fourth-order valence-electron chi connectivity index (χ4n) is 2.41. The molecule has 0 atom stereocenters. The lowest BCUT2D eigenvalue weighted by molar-refractivity contribution is 0.571. The summed E-state index contributed by atoms with van der Waals surface area (Å²) in [5.74, 6) is 0.343. The van der Waals surface area contributed by atoms with Crippen LogP contribution in [0.3, 0.4) is 0 Å². The van der Waals surface area contributed by atoms with Crippen molar-refractivity contribution in [2.45, 2.75) is 6.42 Å². The molecule has 0 aliphatic carbocycles. The molecule has 0 amide bonds. The number of aromatic nitrogens is 1. The van der Waals surface area contributed by atoms with Crippen LogP contribution in [-0.2, 0) is 6.42 Å². The molecule has 3 heterocycles. The number of pyridine rings is 1. The Morgan fingerprint density at radius 3 is 2.88 bits per heavy atom. The molecule has 4 nitrogen and oxygen atoms in total. The van der Waals surface area contributed by atoms with E-state index in [4.69, 9.17) is 0 Å². The van der Waals surface area contributed by atoms with Crippen LogP contribution in [0.25, 0.3) is 0 Å². The number of nitrogens with zero attached hydrogens (tertiary/aromatic N) is 2. The van der Waals surface area contributed by atoms with Crippen LogP contribution in [0.1, 0.15) is 5.56 Å². The smallest absolute Gasteiger partial charge is 0.216 e. The number of nitrogens with one attached hydrogen (secondary N) is 2. The summed E-state index contributed by atoms with van der Waals surface area (Å²) >= 11 is 0. The summed E-state index contributed by atoms with van der Waals surface area (Å²) in [6.45, 7) is 4.68. The van der Waals surface area contributed by atoms with Crippen molar-refractivity contribution in [3.8, 4) is 0 Å². The van der Waals surface area contributed by atoms with Gasteiger partial charge in [-0.05, 0) is 6.42 Å². The second-order valence-electron chi connectivity index (χ2n) is 4.21. The Hall–Kier alpha value is -1.36. The van der Waals surface area contributed by atoms with Crippen molar-refractivity contribution in [2.24, 2.45) is 0 Å². The molecule has 1 saturated heterocycles. The van der Waals surface area contributed by atoms with E-state index in [0.717, 1.165) is 50.6 Å². The van der Waals surface area contributed by atoms with E-state index in [1.165, 1.54) is 5.56 Å². The summed E-state index contributed by atoms with van der Waals surface area (Å²) in [6.07, 6.45) is 0.946. The van der Waals surface area contributed by atoms with Gasteiger partial charge in [-0.3, -0.25) is 0 Å². The maximum atomic E-state index is 13.4. The molecule has 0 spiro atoms. The molecule has 0 aromatic carbocycles. The van der Waals surface area contributed by atoms with Crippen LogP contribution in [0, 0.1) is 5.95 Å². The minimum Gasteiger partial charge on any atom is -0.369 e. The zero-order chi connectivity index (χ0) is 11.0. The Balaban J connectivity index is 1.99. The molecule has 2 aliphatic rings. The van der Waals surface area contributed by atoms with Crippen LogP contribution >= 0.6 is 0 Å². The second kappa shape index (κ2) is 3.90. The quantitative estimate of drug-likeness (QED) is 0.683. The third-order valence-corrected chi connectivity index (χ3v) is 3.19. The van der Waals surface area contributed by atoms with Gasteiger partial charge in [-0.25, -0.2) is 4.98 Å². The van der Waals surface area contributed by atoms with Gasteiger partial charge in [0.05, 0.1) is 0 Å². The summed E-state index contributed by atoms with van der Waals surface area (Å²) in [5.41, 5.74) is 2.19. The average molecular weight is 222 g/mol. The summed E-state index contributed by atoms with van der Waals surface area (Å²) < 4.78 is 13.4. The molecule has 3 rings (SSSR count). The highest BCUT2D eigenvalue weighted by atomic mass is 19.1. The van der Waals surface area contributed by atoms with Crippen LogP contribution in [0.15, 0.2) is 6.07 Å². The number of hydrogen-bond acceptors (Lipinski definition) is 4. The molecular weight excluding hydrogens is 207 g/mol. The van der Waals surface area contributed by atoms with Gasteiger partial charge in [-0.15, -0.1) is 0 Å². The third-order valence-electron chi connectivity index (χ3n) is 3.19. The van der Waals surface area contributed by atoms with Crippen LogP contribution in [0.2, 0.25) is 0 Å². The van der Waals surface area contributed by atoms with Gasteiger partial charge < -0.3 is 15.5 Å². The molecule has 2 N–H and O–H groups in total. The van der Waals surface area contributed by atoms with Crippen molar-refractivity contribution in [1.82, 2.24) is 10.3 Å². The highest BCUT2D eigenvalue weighted by Crippen LogP contribution is 2.31. The molecule has 0 saturated carbocycles. The number of rotatable bonds is 1. The topological polar surface area (TPSA) is 40.2 Å². The minimum atomic E-state index is -0.387. The largest absolute Gasteiger partial charge is 0.369 e. The molecule has 1 aromatic rings. The molecule has 0 radical (unpaired) electrons. The standard InChI is InChI=1S/C11H15FN4/c12-10-7-9(16-5-3-13-4-6-16)8-1-2-14-11(8)15-10/h7,13H,1-6H2,(H,14,15). The molecule has 2 aliphatic heterocycles. The van der Waals surface area contributed by atoms with Crippen molar-refractivity contribution in [2.75, 3.05) is 42.9 Å². The number of halogens is 1. The number of piperazine rings is 1. The second-order valence-corrected chi connectivity index (χ2v) is 4.21. The van der Waals surface area contributed by atoms with Gasteiger partial charge in [0.15, 0.2) is 0 Å². The highest BCUT2D eigenvalue weighted by Gasteiger charge is 2.22. The maximum Gasteiger partial charge on any atom is 0.216 e. The van der Waals surface area contributed by atoms with Gasteiger partial charge in [0, 0.05) is 50.0 Å². The van der Waals surface area contributed by atoms with E-state index in [9.17, 15) is 4.39 Å². The van der Waals surface area contributed by atoms with Gasteiger partial charge in [0.25, 0.3) is 0 Å². The van der Waals surface area contributed by atoms with Crippen molar-refractivity contribution in [1.29, 1.82) is 0 Å². The Morgan fingerprint density at radius 2 is 2.06 bits per heavy atom. The predicted molar refractivity (Wildman–Crippen MR) is 61.5 cm³/mol. The van der Waals surface area contributed by atoms with Gasteiger partial charge in [-0.2, -0.15) is 4.39 Å². The van der Waals surface area contributed by atoms with E-state index in [-0.39, 0.29) is 5.95 Å². The molecule has 5 heteroatoms. The van der Waals surface area contributed by atoms with Crippen LogP contribution in [-0.4, -0.2) is 37.7 Å². The van der Waals surface area contributed by atoms with E-state index in [1.807, 2.05) is 0 Å². The van der Waals surface area contributed by atoms with Crippen LogP contribution in [0.4, 0.5) is 15.9 Å². The molecular formula is C11H15FN4. The molecule has 0 bridgehead atoms. The monoisotopic (exact) mass is 222 g/mol. The molecule has 86 valence electrons. The van der Waals surface area contributed by atoms with Gasteiger partial charge in [-0.1, -0.05) is 0 Å². The van der Waals surface area contributed by atoms with Gasteiger partial charge in [0.1, 0.15) is 5.82 Å². The van der Waals surface area contributed by atoms with E-state index < -0.39 is 0 Å². The van der Waals surface area contributed by atoms with Crippen LogP contribution in [0.5, 0.6) is 0 Å². The van der Waals surface area contributed by atoms with Crippen molar-refractivity contribution < 1.29 is 4.39 Å². The molecule has 1 aromatic heterocycles. The lowest BCUT2D eigenvalue weighted by Crippen LogP contribution is -2.43. The highest BCUT2D eigenvalue weighted by molar-refractivity contribution is 5.66. The zero-order valence-electron chi connectivity index (χ0n) is 9.09. The Morgan fingerprint density at radius 1 is 1.25 bits per heavy atom. The Bertz CT molecular complexity index is 401. The summed E-state index contributed by atoms with van der Waals surface area (Å²) in [5, 5.41) is 6.43. The Kier molecular flexibility index (Phi) is 2.40. The first-order chi connectivity index (χ1) is 7.84. The van der Waals surface area contributed by atoms with Gasteiger partial charge >= 0.3 is 0 Å². The van der Waals surface area contributed by atoms with E-state index >= 15 is 0 Å². The zero-order valence-corrected chi connectivity index (χ0v) is 9.09. The first-order valence-corrected chi connectivity index (χ1v) is 5.73. The predicted octanol–water partition coefficient (Wildman–Crippen LogP) is 0.598. The maximum absolute atomic E-state index is 13.4. The van der Waals surface area contributed by atoms with Crippen molar-refractivity contribution in [3.63, 3.8) is 0 Å². The molecule has 0 unspecified atom stereocenters. The van der Waals surface area contributed by atoms with E-state index in [1.54, 1.807) is 6.07 Å². The summed E-state index contributed by atoms with van der Waals surface area (Å²) in [6, 6.07) is 1.57. The van der Waals surface area contributed by atoms with Crippen LogP contribution < -0.4 is 15.5 Å². The first-order valence-electron chi connectivity index (χ1n) is 5.73. The van der Waals surface area contributed by atoms with E-state index in [2.05, 4.69) is 20.5 Å². The molecule has 16 heavy (non-hydrogen) atoms. The number of anilines is 2. The average Bonchev–Trinajstić information content (AvgIpc) is 2.77. The summed E-state index contributed by atoms with van der Waals surface area (Å²) in [4.78, 5) is 6.13. The fourth-order valence-corrected chi connectivity index (χ4v) is 2.41. The lowest BCUT2D eigenvalue weighted by atomic mass is 10.1. The normalized spacial score (nSPS) is 19.4. The molecule has 1 fully saturated rings. The number of hydrogen-bond donors (Lipinski definition) is 2. The Labute approximate surface area is 93.9 Å². The SMILES string of the molecule is Fc1cc(N2CCNCC2)c2c(n1)NCC2. The summed E-state index contributed by atoms with van der Waals surface area (Å²) in [7, 11) is 0. The minimum absolute atomic E-state index is 0.387. The van der Waals surface area contributed by atoms with Crippen molar-refractivity contribution >= 4 is 11.5 Å². The number of fused-ring (bicyclic) bond motifs is 1. The van der Waals surface area contributed by atoms with Crippen molar-refractivity contribution in [3.05, 3.63) is 17.6 Å². The van der Waals surface area contributed by atoms with E-state index in [0.29, 0.717) is 0 Å². The lowest BCUT2D eigenvalue weighted by Gasteiger charge is -2.30.